The second-order valence-electron chi connectivity index (χ2n) is 7.46. The fraction of sp³-hybridized carbons (Fsp3) is 0.476. The van der Waals surface area contributed by atoms with Crippen molar-refractivity contribution in [1.82, 2.24) is 15.1 Å². The first-order valence-corrected chi connectivity index (χ1v) is 10.5. The molecule has 1 aliphatic heterocycles. The largest absolute Gasteiger partial charge is 0.347 e. The summed E-state index contributed by atoms with van der Waals surface area (Å²) in [4.78, 5) is 40.9. The fourth-order valence-electron chi connectivity index (χ4n) is 3.76. The number of nitrogens with zero attached hydrogens (tertiary/aromatic N) is 2. The Morgan fingerprint density at radius 3 is 2.68 bits per heavy atom. The molecule has 1 aromatic heterocycles. The zero-order chi connectivity index (χ0) is 20.3. The Morgan fingerprint density at radius 2 is 1.96 bits per heavy atom. The van der Waals surface area contributed by atoms with Crippen molar-refractivity contribution >= 4 is 39.1 Å². The van der Waals surface area contributed by atoms with E-state index in [1.54, 1.807) is 19.0 Å². The highest BCUT2D eigenvalue weighted by Crippen LogP contribution is 2.34. The number of nitrogens with one attached hydrogen (secondary N) is 1. The van der Waals surface area contributed by atoms with Crippen LogP contribution >= 0.6 is 11.3 Å². The molecule has 0 saturated carbocycles. The van der Waals surface area contributed by atoms with Crippen LogP contribution in [-0.4, -0.2) is 60.7 Å². The summed E-state index contributed by atoms with van der Waals surface area (Å²) in [6.45, 7) is 2.14. The van der Waals surface area contributed by atoms with Crippen LogP contribution in [0.3, 0.4) is 0 Å². The summed E-state index contributed by atoms with van der Waals surface area (Å²) < 4.78 is 1.09. The molecule has 28 heavy (non-hydrogen) atoms. The van der Waals surface area contributed by atoms with Gasteiger partial charge in [0.25, 0.3) is 5.91 Å². The van der Waals surface area contributed by atoms with E-state index in [2.05, 4.69) is 11.4 Å². The number of fused-ring (bicyclic) bond motifs is 1. The van der Waals surface area contributed by atoms with Crippen molar-refractivity contribution in [3.05, 3.63) is 34.7 Å². The Labute approximate surface area is 169 Å². The molecule has 0 aliphatic carbocycles. The summed E-state index contributed by atoms with van der Waals surface area (Å²) in [5.41, 5.74) is 1.03. The lowest BCUT2D eigenvalue weighted by atomic mass is 9.93. The van der Waals surface area contributed by atoms with Gasteiger partial charge in [0.05, 0.1) is 11.4 Å². The topological polar surface area (TPSA) is 69.7 Å². The molecule has 6 nitrogen and oxygen atoms in total. The molecule has 1 fully saturated rings. The predicted molar refractivity (Wildman–Crippen MR) is 112 cm³/mol. The van der Waals surface area contributed by atoms with Gasteiger partial charge in [-0.2, -0.15) is 0 Å². The smallest absolute Gasteiger partial charge is 0.263 e. The first-order chi connectivity index (χ1) is 13.4. The van der Waals surface area contributed by atoms with Gasteiger partial charge >= 0.3 is 0 Å². The monoisotopic (exact) mass is 401 g/mol. The number of carbonyl (C=O) groups is 3. The highest BCUT2D eigenvalue weighted by molar-refractivity contribution is 7.21. The van der Waals surface area contributed by atoms with Crippen molar-refractivity contribution in [2.24, 2.45) is 0 Å². The van der Waals surface area contributed by atoms with Crippen molar-refractivity contribution in [2.45, 2.75) is 38.6 Å². The maximum Gasteiger partial charge on any atom is 0.263 e. The molecule has 7 heteroatoms. The minimum atomic E-state index is -0.204. The number of benzene rings is 1. The molecular formula is C21H27N3O3S. The van der Waals surface area contributed by atoms with Gasteiger partial charge in [-0.15, -0.1) is 11.3 Å². The van der Waals surface area contributed by atoms with E-state index < -0.39 is 0 Å². The highest BCUT2D eigenvalue weighted by Gasteiger charge is 2.30. The van der Waals surface area contributed by atoms with Crippen molar-refractivity contribution in [3.63, 3.8) is 0 Å². The summed E-state index contributed by atoms with van der Waals surface area (Å²) in [5, 5.41) is 3.70. The SMILES string of the molecule is CC(=O)NCC(=O)N1CCCCC1Cc1c(C(=O)N(C)C)sc2ccccc12. The molecule has 3 amide bonds. The van der Waals surface area contributed by atoms with E-state index in [0.29, 0.717) is 13.0 Å². The number of hydrogen-bond donors (Lipinski definition) is 1. The van der Waals surface area contributed by atoms with Gasteiger partial charge in [0.2, 0.25) is 11.8 Å². The van der Waals surface area contributed by atoms with Crippen LogP contribution in [0.4, 0.5) is 0 Å². The number of thiophene rings is 1. The average Bonchev–Trinajstić information content (AvgIpc) is 3.04. The third-order valence-electron chi connectivity index (χ3n) is 5.17. The van der Waals surface area contributed by atoms with E-state index >= 15 is 0 Å². The molecule has 0 radical (unpaired) electrons. The minimum absolute atomic E-state index is 0.00290. The number of amides is 3. The average molecular weight is 402 g/mol. The van der Waals surface area contributed by atoms with Gasteiger partial charge in [0.1, 0.15) is 0 Å². The second kappa shape index (κ2) is 8.73. The summed E-state index contributed by atoms with van der Waals surface area (Å²) >= 11 is 1.52. The van der Waals surface area contributed by atoms with E-state index in [1.165, 1.54) is 18.3 Å². The van der Waals surface area contributed by atoms with Crippen LogP contribution in [0.1, 0.15) is 41.4 Å². The standard InChI is InChI=1S/C21H27N3O3S/c1-14(25)22-13-19(26)24-11-7-6-8-15(24)12-17-16-9-4-5-10-18(16)28-20(17)21(27)23(2)3/h4-5,9-10,15H,6-8,11-13H2,1-3H3,(H,22,25). The molecule has 3 rings (SSSR count). The van der Waals surface area contributed by atoms with Gasteiger partial charge in [-0.3, -0.25) is 14.4 Å². The normalized spacial score (nSPS) is 16.8. The summed E-state index contributed by atoms with van der Waals surface area (Å²) in [6.07, 6.45) is 3.60. The Morgan fingerprint density at radius 1 is 1.21 bits per heavy atom. The van der Waals surface area contributed by atoms with Crippen molar-refractivity contribution in [2.75, 3.05) is 27.2 Å². The van der Waals surface area contributed by atoms with Gasteiger partial charge in [0.15, 0.2) is 0 Å². The Kier molecular flexibility index (Phi) is 6.34. The van der Waals surface area contributed by atoms with Crippen molar-refractivity contribution in [3.8, 4) is 0 Å². The fourth-order valence-corrected chi connectivity index (χ4v) is 5.01. The van der Waals surface area contributed by atoms with Crippen LogP contribution in [0.5, 0.6) is 0 Å². The molecular weight excluding hydrogens is 374 g/mol. The lowest BCUT2D eigenvalue weighted by Gasteiger charge is -2.36. The van der Waals surface area contributed by atoms with Gasteiger partial charge < -0.3 is 15.1 Å². The van der Waals surface area contributed by atoms with Crippen LogP contribution in [0.15, 0.2) is 24.3 Å². The molecule has 2 aromatic rings. The molecule has 0 spiro atoms. The van der Waals surface area contributed by atoms with Gasteiger partial charge in [0, 0.05) is 38.3 Å². The summed E-state index contributed by atoms with van der Waals surface area (Å²) in [5.74, 6) is -0.257. The third kappa shape index (κ3) is 4.35. The number of rotatable bonds is 5. The van der Waals surface area contributed by atoms with Crippen LogP contribution in [0.25, 0.3) is 10.1 Å². The molecule has 1 N–H and O–H groups in total. The summed E-state index contributed by atoms with van der Waals surface area (Å²) in [7, 11) is 3.53. The van der Waals surface area contributed by atoms with E-state index in [4.69, 9.17) is 0 Å². The van der Waals surface area contributed by atoms with Gasteiger partial charge in [-0.05, 0) is 42.7 Å². The highest BCUT2D eigenvalue weighted by atomic mass is 32.1. The van der Waals surface area contributed by atoms with Crippen molar-refractivity contribution < 1.29 is 14.4 Å². The van der Waals surface area contributed by atoms with Crippen molar-refractivity contribution in [1.29, 1.82) is 0 Å². The predicted octanol–water partition coefficient (Wildman–Crippen LogP) is 2.66. The molecule has 1 aliphatic rings. The zero-order valence-electron chi connectivity index (χ0n) is 16.7. The summed E-state index contributed by atoms with van der Waals surface area (Å²) in [6, 6.07) is 8.11. The number of carbonyl (C=O) groups excluding carboxylic acids is 3. The van der Waals surface area contributed by atoms with E-state index in [1.807, 2.05) is 23.1 Å². The number of likely N-dealkylation sites (tertiary alicyclic amines) is 1. The van der Waals surface area contributed by atoms with Gasteiger partial charge in [-0.25, -0.2) is 0 Å². The molecule has 1 aromatic carbocycles. The molecule has 150 valence electrons. The van der Waals surface area contributed by atoms with E-state index in [9.17, 15) is 14.4 Å². The molecule has 0 bridgehead atoms. The molecule has 2 heterocycles. The van der Waals surface area contributed by atoms with Crippen LogP contribution in [0, 0.1) is 0 Å². The zero-order valence-corrected chi connectivity index (χ0v) is 17.5. The Hall–Kier alpha value is -2.41. The Bertz CT molecular complexity index is 890. The molecule has 1 atom stereocenters. The van der Waals surface area contributed by atoms with Gasteiger partial charge in [-0.1, -0.05) is 18.2 Å². The lowest BCUT2D eigenvalue weighted by molar-refractivity contribution is -0.135. The quantitative estimate of drug-likeness (QED) is 0.837. The molecule has 1 saturated heterocycles. The minimum Gasteiger partial charge on any atom is -0.347 e. The Balaban J connectivity index is 1.91. The maximum atomic E-state index is 12.8. The first-order valence-electron chi connectivity index (χ1n) is 9.64. The third-order valence-corrected chi connectivity index (χ3v) is 6.38. The van der Waals surface area contributed by atoms with E-state index in [0.717, 1.165) is 39.8 Å². The van der Waals surface area contributed by atoms with E-state index in [-0.39, 0.29) is 30.3 Å². The first kappa shape index (κ1) is 20.3. The van der Waals surface area contributed by atoms with Crippen LogP contribution in [-0.2, 0) is 16.0 Å². The van der Waals surface area contributed by atoms with Crippen LogP contribution < -0.4 is 5.32 Å². The number of piperidine rings is 1. The van der Waals surface area contributed by atoms with Crippen LogP contribution in [0.2, 0.25) is 0 Å². The lowest BCUT2D eigenvalue weighted by Crippen LogP contribution is -2.48. The second-order valence-corrected chi connectivity index (χ2v) is 8.51. The molecule has 1 unspecified atom stereocenters. The maximum absolute atomic E-state index is 12.8. The number of hydrogen-bond acceptors (Lipinski definition) is 4.